The Morgan fingerprint density at radius 3 is 1.83 bits per heavy atom. The van der Waals surface area contributed by atoms with Gasteiger partial charge in [0.15, 0.2) is 0 Å². The highest BCUT2D eigenvalue weighted by Crippen LogP contribution is 2.44. The first-order valence-electron chi connectivity index (χ1n) is 17.3. The fraction of sp³-hybridized carbons (Fsp3) is 0.350. The van der Waals surface area contributed by atoms with Gasteiger partial charge in [0.2, 0.25) is 0 Å². The second kappa shape index (κ2) is 19.8. The average Bonchev–Trinajstić information content (AvgIpc) is 3.48. The van der Waals surface area contributed by atoms with Crippen LogP contribution < -0.4 is 5.32 Å². The van der Waals surface area contributed by atoms with Gasteiger partial charge in [-0.1, -0.05) is 66.7 Å². The number of fused-ring (bicyclic) bond motifs is 3. The number of ether oxygens (including phenoxy) is 6. The maximum Gasteiger partial charge on any atom is 0.416 e. The summed E-state index contributed by atoms with van der Waals surface area (Å²) in [4.78, 5) is 26.7. The minimum atomic E-state index is -4.48. The lowest BCUT2D eigenvalue weighted by Crippen LogP contribution is -2.32. The Morgan fingerprint density at radius 2 is 1.21 bits per heavy atom. The molecular weight excluding hydrogens is 693 g/mol. The van der Waals surface area contributed by atoms with Crippen molar-refractivity contribution in [2.75, 3.05) is 85.0 Å². The number of para-hydroxylation sites is 1. The zero-order valence-corrected chi connectivity index (χ0v) is 29.4. The summed E-state index contributed by atoms with van der Waals surface area (Å²) in [6, 6.07) is 27.5. The predicted molar refractivity (Wildman–Crippen MR) is 192 cm³/mol. The van der Waals surface area contributed by atoms with E-state index in [-0.39, 0.29) is 43.6 Å². The lowest BCUT2D eigenvalue weighted by molar-refractivity contribution is -0.137. The SMILES string of the molecule is CN(CCOCCOCCOCCOCCOC(=O)c1ccccc1Nc1cccc(C(F)(F)F)c1)C(=O)OCC1c2ccccc2-c2ccccc21. The first-order chi connectivity index (χ1) is 25.7. The number of likely N-dealkylation sites (N-methyl/N-ethyl adjacent to an activating group) is 1. The van der Waals surface area contributed by atoms with E-state index in [1.54, 1.807) is 25.2 Å². The summed E-state index contributed by atoms with van der Waals surface area (Å²) in [6.07, 6.45) is -4.88. The number of hydrogen-bond donors (Lipinski definition) is 1. The van der Waals surface area contributed by atoms with Gasteiger partial charge in [0.05, 0.1) is 69.7 Å². The first kappa shape index (κ1) is 39.3. The molecule has 0 saturated carbocycles. The van der Waals surface area contributed by atoms with Crippen LogP contribution in [0.2, 0.25) is 0 Å². The van der Waals surface area contributed by atoms with E-state index >= 15 is 0 Å². The molecule has 10 nitrogen and oxygen atoms in total. The van der Waals surface area contributed by atoms with Gasteiger partial charge in [-0.15, -0.1) is 0 Å². The van der Waals surface area contributed by atoms with E-state index in [0.717, 1.165) is 12.1 Å². The topological polar surface area (TPSA) is 105 Å². The number of nitrogens with one attached hydrogen (secondary N) is 1. The fourth-order valence-electron chi connectivity index (χ4n) is 5.73. The Kier molecular flexibility index (Phi) is 14.6. The molecule has 1 aliphatic rings. The van der Waals surface area contributed by atoms with Crippen molar-refractivity contribution >= 4 is 23.4 Å². The summed E-state index contributed by atoms with van der Waals surface area (Å²) in [5, 5.41) is 2.86. The Morgan fingerprint density at radius 1 is 0.660 bits per heavy atom. The van der Waals surface area contributed by atoms with Crippen LogP contribution in [0.4, 0.5) is 29.3 Å². The van der Waals surface area contributed by atoms with E-state index in [2.05, 4.69) is 29.6 Å². The van der Waals surface area contributed by atoms with Crippen LogP contribution >= 0.6 is 0 Å². The molecule has 1 aliphatic carbocycles. The Balaban J connectivity index is 0.847. The van der Waals surface area contributed by atoms with E-state index < -0.39 is 23.8 Å². The number of rotatable bonds is 20. The summed E-state index contributed by atoms with van der Waals surface area (Å²) >= 11 is 0. The molecule has 0 unspecified atom stereocenters. The van der Waals surface area contributed by atoms with E-state index in [1.165, 1.54) is 45.4 Å². The third-order valence-electron chi connectivity index (χ3n) is 8.41. The van der Waals surface area contributed by atoms with Gasteiger partial charge in [0.25, 0.3) is 0 Å². The summed E-state index contributed by atoms with van der Waals surface area (Å²) in [5.41, 5.74) is 4.59. The summed E-state index contributed by atoms with van der Waals surface area (Å²) in [7, 11) is 1.68. The molecule has 0 fully saturated rings. The number of esters is 1. The molecule has 0 atom stereocenters. The molecule has 0 radical (unpaired) electrons. The highest BCUT2D eigenvalue weighted by molar-refractivity contribution is 5.96. The monoisotopic (exact) mass is 736 g/mol. The first-order valence-corrected chi connectivity index (χ1v) is 17.3. The molecule has 1 amide bonds. The lowest BCUT2D eigenvalue weighted by Gasteiger charge is -2.19. The van der Waals surface area contributed by atoms with E-state index in [4.69, 9.17) is 28.4 Å². The molecule has 5 rings (SSSR count). The second-order valence-electron chi connectivity index (χ2n) is 12.1. The Labute approximate surface area is 306 Å². The molecule has 0 aromatic heterocycles. The van der Waals surface area contributed by atoms with Crippen LogP contribution in [-0.4, -0.2) is 96.6 Å². The highest BCUT2D eigenvalue weighted by atomic mass is 19.4. The van der Waals surface area contributed by atoms with Gasteiger partial charge in [-0.3, -0.25) is 0 Å². The van der Waals surface area contributed by atoms with Crippen molar-refractivity contribution < 1.29 is 51.2 Å². The van der Waals surface area contributed by atoms with E-state index in [0.29, 0.717) is 51.9 Å². The van der Waals surface area contributed by atoms with E-state index in [9.17, 15) is 22.8 Å². The van der Waals surface area contributed by atoms with Crippen molar-refractivity contribution in [2.24, 2.45) is 0 Å². The molecule has 1 N–H and O–H groups in total. The molecule has 0 heterocycles. The number of nitrogens with zero attached hydrogens (tertiary/aromatic N) is 1. The number of alkyl halides is 3. The molecule has 4 aromatic rings. The van der Waals surface area contributed by atoms with Gasteiger partial charge in [0, 0.05) is 25.2 Å². The van der Waals surface area contributed by atoms with Gasteiger partial charge in [-0.25, -0.2) is 9.59 Å². The number of halogens is 3. The molecular formula is C40H43F3N2O8. The molecule has 0 bridgehead atoms. The average molecular weight is 737 g/mol. The van der Waals surface area contributed by atoms with Crippen LogP contribution in [0.5, 0.6) is 0 Å². The molecule has 13 heteroatoms. The second-order valence-corrected chi connectivity index (χ2v) is 12.1. The zero-order valence-electron chi connectivity index (χ0n) is 29.4. The number of hydrogen-bond acceptors (Lipinski definition) is 9. The molecule has 4 aromatic carbocycles. The van der Waals surface area contributed by atoms with Gasteiger partial charge in [0.1, 0.15) is 13.2 Å². The lowest BCUT2D eigenvalue weighted by atomic mass is 9.98. The summed E-state index contributed by atoms with van der Waals surface area (Å²) in [5.74, 6) is -0.627. The molecule has 53 heavy (non-hydrogen) atoms. The molecule has 0 saturated heterocycles. The van der Waals surface area contributed by atoms with Gasteiger partial charge < -0.3 is 38.6 Å². The summed E-state index contributed by atoms with van der Waals surface area (Å²) < 4.78 is 72.2. The van der Waals surface area contributed by atoms with Crippen LogP contribution in [0.3, 0.4) is 0 Å². The third kappa shape index (κ3) is 11.5. The van der Waals surface area contributed by atoms with Crippen molar-refractivity contribution in [3.05, 3.63) is 119 Å². The predicted octanol–water partition coefficient (Wildman–Crippen LogP) is 7.55. The van der Waals surface area contributed by atoms with Crippen LogP contribution in [0.1, 0.15) is 33.0 Å². The normalized spacial score (nSPS) is 12.2. The number of anilines is 2. The number of carbonyl (C=O) groups is 2. The van der Waals surface area contributed by atoms with E-state index in [1.807, 2.05) is 24.3 Å². The van der Waals surface area contributed by atoms with Crippen LogP contribution in [-0.2, 0) is 34.6 Å². The quantitative estimate of drug-likeness (QED) is 0.0728. The fourth-order valence-corrected chi connectivity index (χ4v) is 5.73. The number of benzene rings is 4. The van der Waals surface area contributed by atoms with Crippen molar-refractivity contribution in [1.82, 2.24) is 4.90 Å². The minimum Gasteiger partial charge on any atom is -0.460 e. The van der Waals surface area contributed by atoms with Gasteiger partial charge in [-0.2, -0.15) is 13.2 Å². The number of carbonyl (C=O) groups excluding carboxylic acids is 2. The van der Waals surface area contributed by atoms with Crippen LogP contribution in [0.25, 0.3) is 11.1 Å². The smallest absolute Gasteiger partial charge is 0.416 e. The van der Waals surface area contributed by atoms with Crippen LogP contribution in [0, 0.1) is 0 Å². The Hall–Kier alpha value is -4.95. The van der Waals surface area contributed by atoms with Crippen LogP contribution in [0.15, 0.2) is 97.1 Å². The number of amides is 1. The largest absolute Gasteiger partial charge is 0.460 e. The maximum absolute atomic E-state index is 13.1. The highest BCUT2D eigenvalue weighted by Gasteiger charge is 2.31. The zero-order chi connectivity index (χ0) is 37.5. The summed E-state index contributed by atoms with van der Waals surface area (Å²) in [6.45, 7) is 3.19. The standard InChI is InChI=1S/C40H43F3N2O8/c1-45(39(47)53-28-36-33-13-4-2-11-31(33)32-12-3-5-14-34(32)36)17-18-48-19-20-49-21-22-50-23-24-51-25-26-52-38(46)35-15-6-7-16-37(35)44-30-10-8-9-29(27-30)40(41,42)43/h2-16,27,36,44H,17-26,28H2,1H3. The van der Waals surface area contributed by atoms with Crippen molar-refractivity contribution in [3.63, 3.8) is 0 Å². The third-order valence-corrected chi connectivity index (χ3v) is 8.41. The van der Waals surface area contributed by atoms with Gasteiger partial charge >= 0.3 is 18.2 Å². The van der Waals surface area contributed by atoms with Crippen molar-refractivity contribution in [3.8, 4) is 11.1 Å². The van der Waals surface area contributed by atoms with Gasteiger partial charge in [-0.05, 0) is 52.6 Å². The van der Waals surface area contributed by atoms with Crippen molar-refractivity contribution in [2.45, 2.75) is 12.1 Å². The Bertz CT molecular complexity index is 1740. The molecule has 282 valence electrons. The minimum absolute atomic E-state index is 0.00850. The van der Waals surface area contributed by atoms with Crippen molar-refractivity contribution in [1.29, 1.82) is 0 Å². The maximum atomic E-state index is 13.1. The molecule has 0 spiro atoms. The molecule has 0 aliphatic heterocycles.